The molecule has 0 bridgehead atoms. The Morgan fingerprint density at radius 3 is 2.60 bits per heavy atom. The minimum absolute atomic E-state index is 0.0918. The number of methoxy groups -OCH3 is 2. The fourth-order valence-corrected chi connectivity index (χ4v) is 4.79. The summed E-state index contributed by atoms with van der Waals surface area (Å²) in [6.07, 6.45) is 2.22. The Hall–Kier alpha value is -3.39. The second-order valence-corrected chi connectivity index (χ2v) is 8.81. The minimum Gasteiger partial charge on any atom is -0.497 e. The summed E-state index contributed by atoms with van der Waals surface area (Å²) in [5.74, 6) is 0.879. The summed E-state index contributed by atoms with van der Waals surface area (Å²) in [5.41, 5.74) is 2.65. The molecular weight excluding hydrogens is 446 g/mol. The van der Waals surface area contributed by atoms with E-state index in [1.165, 1.54) is 0 Å². The molecule has 8 nitrogen and oxygen atoms in total. The molecule has 2 unspecified atom stereocenters. The molecule has 0 spiro atoms. The number of rotatable bonds is 8. The van der Waals surface area contributed by atoms with E-state index in [2.05, 4.69) is 0 Å². The van der Waals surface area contributed by atoms with Gasteiger partial charge in [-0.15, -0.1) is 0 Å². The van der Waals surface area contributed by atoms with E-state index in [9.17, 15) is 9.59 Å². The lowest BCUT2D eigenvalue weighted by Crippen LogP contribution is -2.44. The summed E-state index contributed by atoms with van der Waals surface area (Å²) in [6.45, 7) is 3.68. The normalized spacial score (nSPS) is 20.3. The Balaban J connectivity index is 1.57. The molecule has 4 rings (SSSR count). The molecular formula is C27H33N3O5. The van der Waals surface area contributed by atoms with Gasteiger partial charge in [0, 0.05) is 24.6 Å². The monoisotopic (exact) mass is 479 g/mol. The fourth-order valence-electron chi connectivity index (χ4n) is 4.79. The number of likely N-dealkylation sites (tertiary alicyclic amines) is 1. The summed E-state index contributed by atoms with van der Waals surface area (Å²) in [5, 5.41) is 6.39. The largest absolute Gasteiger partial charge is 0.497 e. The predicted molar refractivity (Wildman–Crippen MR) is 133 cm³/mol. The van der Waals surface area contributed by atoms with Gasteiger partial charge in [0.05, 0.1) is 45.0 Å². The van der Waals surface area contributed by atoms with Crippen LogP contribution in [0.2, 0.25) is 0 Å². The number of hydrazone groups is 1. The van der Waals surface area contributed by atoms with Crippen molar-refractivity contribution in [3.8, 4) is 11.5 Å². The van der Waals surface area contributed by atoms with Crippen molar-refractivity contribution < 1.29 is 23.8 Å². The van der Waals surface area contributed by atoms with Crippen molar-refractivity contribution >= 4 is 17.6 Å². The molecule has 35 heavy (non-hydrogen) atoms. The quantitative estimate of drug-likeness (QED) is 0.538. The molecule has 186 valence electrons. The summed E-state index contributed by atoms with van der Waals surface area (Å²) in [7, 11) is 3.22. The highest BCUT2D eigenvalue weighted by Gasteiger charge is 2.36. The second-order valence-electron chi connectivity index (χ2n) is 8.81. The van der Waals surface area contributed by atoms with E-state index < -0.39 is 0 Å². The number of carbonyl (C=O) groups is 2. The van der Waals surface area contributed by atoms with Gasteiger partial charge in [0.25, 0.3) is 5.91 Å². The highest BCUT2D eigenvalue weighted by molar-refractivity contribution is 6.05. The SMILES string of the molecule is CCOC(=O)C1CCCN(CC(=O)N2N=C(c3ccc(OC)cc3OC)CC2c2ccccc2)C1. The Labute approximate surface area is 206 Å². The molecule has 2 aromatic rings. The van der Waals surface area contributed by atoms with E-state index in [4.69, 9.17) is 19.3 Å². The van der Waals surface area contributed by atoms with Crippen molar-refractivity contribution in [3.05, 3.63) is 59.7 Å². The van der Waals surface area contributed by atoms with Gasteiger partial charge in [0.15, 0.2) is 0 Å². The maximum Gasteiger partial charge on any atom is 0.310 e. The number of piperidine rings is 1. The van der Waals surface area contributed by atoms with Gasteiger partial charge in [-0.25, -0.2) is 5.01 Å². The topological polar surface area (TPSA) is 80.7 Å². The van der Waals surface area contributed by atoms with E-state index in [1.54, 1.807) is 19.2 Å². The molecule has 8 heteroatoms. The summed E-state index contributed by atoms with van der Waals surface area (Å²) in [4.78, 5) is 27.8. The lowest BCUT2D eigenvalue weighted by atomic mass is 9.97. The van der Waals surface area contributed by atoms with Crippen LogP contribution in [-0.4, -0.2) is 68.0 Å². The van der Waals surface area contributed by atoms with Gasteiger partial charge in [-0.3, -0.25) is 14.5 Å². The highest BCUT2D eigenvalue weighted by atomic mass is 16.5. The fraction of sp³-hybridized carbons (Fsp3) is 0.444. The van der Waals surface area contributed by atoms with E-state index in [0.29, 0.717) is 31.1 Å². The van der Waals surface area contributed by atoms with Crippen molar-refractivity contribution in [2.45, 2.75) is 32.2 Å². The molecule has 2 aromatic carbocycles. The van der Waals surface area contributed by atoms with Crippen molar-refractivity contribution in [3.63, 3.8) is 0 Å². The minimum atomic E-state index is -0.212. The van der Waals surface area contributed by atoms with Crippen LogP contribution < -0.4 is 9.47 Å². The third-order valence-electron chi connectivity index (χ3n) is 6.55. The number of amides is 1. The Bertz CT molecular complexity index is 1070. The number of benzene rings is 2. The van der Waals surface area contributed by atoms with Gasteiger partial charge in [-0.1, -0.05) is 30.3 Å². The predicted octanol–water partition coefficient (Wildman–Crippen LogP) is 3.66. The van der Waals surface area contributed by atoms with Crippen molar-refractivity contribution in [1.29, 1.82) is 0 Å². The Morgan fingerprint density at radius 2 is 1.89 bits per heavy atom. The lowest BCUT2D eigenvalue weighted by molar-refractivity contribution is -0.150. The van der Waals surface area contributed by atoms with Crippen LogP contribution in [0, 0.1) is 5.92 Å². The number of esters is 1. The zero-order valence-electron chi connectivity index (χ0n) is 20.6. The van der Waals surface area contributed by atoms with Crippen molar-refractivity contribution in [2.75, 3.05) is 40.5 Å². The molecule has 2 heterocycles. The van der Waals surface area contributed by atoms with Gasteiger partial charge in [0.1, 0.15) is 11.5 Å². The zero-order valence-corrected chi connectivity index (χ0v) is 20.6. The van der Waals surface area contributed by atoms with Crippen LogP contribution in [0.4, 0.5) is 0 Å². The van der Waals surface area contributed by atoms with E-state index in [-0.39, 0.29) is 30.4 Å². The van der Waals surface area contributed by atoms with Crippen LogP contribution in [0.1, 0.15) is 43.4 Å². The molecule has 1 fully saturated rings. The summed E-state index contributed by atoms with van der Waals surface area (Å²) >= 11 is 0. The van der Waals surface area contributed by atoms with Gasteiger partial charge < -0.3 is 14.2 Å². The number of carbonyl (C=O) groups excluding carboxylic acids is 2. The van der Waals surface area contributed by atoms with Crippen molar-refractivity contribution in [2.24, 2.45) is 11.0 Å². The first kappa shape index (κ1) is 24.7. The molecule has 1 saturated heterocycles. The third-order valence-corrected chi connectivity index (χ3v) is 6.55. The van der Waals surface area contributed by atoms with Crippen LogP contribution in [0.25, 0.3) is 0 Å². The highest BCUT2D eigenvalue weighted by Crippen LogP contribution is 2.36. The van der Waals surface area contributed by atoms with Crippen molar-refractivity contribution in [1.82, 2.24) is 9.91 Å². The van der Waals surface area contributed by atoms with Gasteiger partial charge >= 0.3 is 5.97 Å². The Kier molecular flexibility index (Phi) is 8.02. The molecule has 0 radical (unpaired) electrons. The maximum atomic E-state index is 13.5. The number of nitrogens with zero attached hydrogens (tertiary/aromatic N) is 3. The van der Waals surface area contributed by atoms with Gasteiger partial charge in [-0.05, 0) is 44.0 Å². The van der Waals surface area contributed by atoms with Crippen LogP contribution in [0.5, 0.6) is 11.5 Å². The number of hydrogen-bond donors (Lipinski definition) is 0. The first-order valence-corrected chi connectivity index (χ1v) is 12.1. The maximum absolute atomic E-state index is 13.5. The van der Waals surface area contributed by atoms with Crippen LogP contribution in [0.3, 0.4) is 0 Å². The summed E-state index contributed by atoms with van der Waals surface area (Å²) < 4.78 is 16.1. The molecule has 2 aliphatic heterocycles. The molecule has 2 aliphatic rings. The average Bonchev–Trinajstić information content (AvgIpc) is 3.34. The van der Waals surface area contributed by atoms with Gasteiger partial charge in [0.2, 0.25) is 0 Å². The van der Waals surface area contributed by atoms with E-state index in [1.807, 2.05) is 60.4 Å². The second kappa shape index (κ2) is 11.4. The third kappa shape index (κ3) is 5.65. The molecule has 1 amide bonds. The standard InChI is InChI=1S/C27H33N3O5/c1-4-35-27(32)20-11-8-14-29(17-20)18-26(31)30-24(19-9-6-5-7-10-19)16-23(28-30)22-13-12-21(33-2)15-25(22)34-3/h5-7,9-10,12-13,15,20,24H,4,8,11,14,16-18H2,1-3H3. The zero-order chi connectivity index (χ0) is 24.8. The molecule has 2 atom stereocenters. The molecule has 0 aromatic heterocycles. The molecule has 0 saturated carbocycles. The smallest absolute Gasteiger partial charge is 0.310 e. The van der Waals surface area contributed by atoms with Gasteiger partial charge in [-0.2, -0.15) is 5.10 Å². The lowest BCUT2D eigenvalue weighted by Gasteiger charge is -2.32. The average molecular weight is 480 g/mol. The Morgan fingerprint density at radius 1 is 1.09 bits per heavy atom. The van der Waals surface area contributed by atoms with E-state index in [0.717, 1.165) is 36.2 Å². The number of ether oxygens (including phenoxy) is 3. The van der Waals surface area contributed by atoms with Crippen LogP contribution in [0.15, 0.2) is 53.6 Å². The first-order chi connectivity index (χ1) is 17.0. The molecule has 0 aliphatic carbocycles. The van der Waals surface area contributed by atoms with Crippen LogP contribution >= 0.6 is 0 Å². The number of hydrogen-bond acceptors (Lipinski definition) is 7. The van der Waals surface area contributed by atoms with E-state index >= 15 is 0 Å². The molecule has 0 N–H and O–H groups in total. The van der Waals surface area contributed by atoms with Crippen LogP contribution in [-0.2, 0) is 14.3 Å². The first-order valence-electron chi connectivity index (χ1n) is 12.1. The summed E-state index contributed by atoms with van der Waals surface area (Å²) in [6, 6.07) is 15.3.